The van der Waals surface area contributed by atoms with E-state index in [1.54, 1.807) is 37.3 Å². The van der Waals surface area contributed by atoms with Gasteiger partial charge in [-0.2, -0.15) is 0 Å². The van der Waals surface area contributed by atoms with Crippen molar-refractivity contribution in [3.63, 3.8) is 0 Å². The van der Waals surface area contributed by atoms with E-state index in [-0.39, 0.29) is 12.0 Å². The zero-order valence-electron chi connectivity index (χ0n) is 12.7. The Kier molecular flexibility index (Phi) is 8.11. The smallest absolute Gasteiger partial charge is 0.335 e. The third kappa shape index (κ3) is 6.17. The zero-order valence-corrected chi connectivity index (χ0v) is 12.7. The molecule has 0 aliphatic heterocycles. The Labute approximate surface area is 121 Å². The van der Waals surface area contributed by atoms with Crippen LogP contribution >= 0.6 is 0 Å². The molecule has 0 radical (unpaired) electrons. The highest BCUT2D eigenvalue weighted by atomic mass is 16.4. The lowest BCUT2D eigenvalue weighted by Crippen LogP contribution is -2.39. The summed E-state index contributed by atoms with van der Waals surface area (Å²) in [5.41, 5.74) is -0.396. The number of aliphatic hydroxyl groups is 2. The predicted molar refractivity (Wildman–Crippen MR) is 79.8 cm³/mol. The van der Waals surface area contributed by atoms with E-state index in [1.165, 1.54) is 0 Å². The molecule has 0 spiro atoms. The number of hydrogen-bond donors (Lipinski definition) is 3. The fraction of sp³-hybridized carbons (Fsp3) is 0.562. The van der Waals surface area contributed by atoms with Crippen LogP contribution in [0.4, 0.5) is 0 Å². The highest BCUT2D eigenvalue weighted by Gasteiger charge is 2.30. The number of hydrogen-bond acceptors (Lipinski definition) is 3. The van der Waals surface area contributed by atoms with Crippen LogP contribution in [-0.4, -0.2) is 33.0 Å². The van der Waals surface area contributed by atoms with Crippen LogP contribution in [0.15, 0.2) is 30.3 Å². The lowest BCUT2D eigenvalue weighted by Gasteiger charge is -2.32. The van der Waals surface area contributed by atoms with Crippen LogP contribution in [-0.2, 0) is 0 Å². The second-order valence-electron chi connectivity index (χ2n) is 5.15. The van der Waals surface area contributed by atoms with Gasteiger partial charge in [0.25, 0.3) is 0 Å². The minimum absolute atomic E-state index is 0.0440. The standard InChI is InChI=1S/C9H20O2.C7H6O2/c1-5-8(10)7(3)9(4,11)6-2;8-7(9)6-4-2-1-3-5-6/h7-8,10-11H,5-6H2,1-4H3;1-5H,(H,8,9). The van der Waals surface area contributed by atoms with Gasteiger partial charge in [-0.25, -0.2) is 4.79 Å². The van der Waals surface area contributed by atoms with E-state index in [0.717, 1.165) is 0 Å². The average Bonchev–Trinajstić information content (AvgIpc) is 2.47. The number of aliphatic hydroxyl groups excluding tert-OH is 1. The summed E-state index contributed by atoms with van der Waals surface area (Å²) < 4.78 is 0. The maximum Gasteiger partial charge on any atom is 0.335 e. The third-order valence-electron chi connectivity index (χ3n) is 3.71. The Bertz CT molecular complexity index is 387. The quantitative estimate of drug-likeness (QED) is 0.776. The van der Waals surface area contributed by atoms with Crippen molar-refractivity contribution in [2.45, 2.75) is 52.2 Å². The molecule has 0 aromatic heterocycles. The first-order valence-electron chi connectivity index (χ1n) is 6.95. The molecule has 0 amide bonds. The molecular weight excluding hydrogens is 256 g/mol. The van der Waals surface area contributed by atoms with Crippen molar-refractivity contribution >= 4 is 5.97 Å². The van der Waals surface area contributed by atoms with Gasteiger partial charge >= 0.3 is 5.97 Å². The van der Waals surface area contributed by atoms with Crippen LogP contribution < -0.4 is 0 Å². The van der Waals surface area contributed by atoms with Crippen molar-refractivity contribution in [2.75, 3.05) is 0 Å². The van der Waals surface area contributed by atoms with E-state index >= 15 is 0 Å². The average molecular weight is 282 g/mol. The molecule has 1 aromatic carbocycles. The topological polar surface area (TPSA) is 77.8 Å². The number of rotatable bonds is 5. The van der Waals surface area contributed by atoms with Crippen LogP contribution in [0.5, 0.6) is 0 Å². The van der Waals surface area contributed by atoms with E-state index in [1.807, 2.05) is 20.8 Å². The van der Waals surface area contributed by atoms with Crippen molar-refractivity contribution in [1.82, 2.24) is 0 Å². The van der Waals surface area contributed by atoms with Crippen LogP contribution in [0.1, 0.15) is 50.9 Å². The SMILES string of the molecule is CCC(O)C(C)C(C)(O)CC.O=C(O)c1ccccc1. The summed E-state index contributed by atoms with van der Waals surface area (Å²) in [5.74, 6) is -0.923. The van der Waals surface area contributed by atoms with Crippen LogP contribution in [0.3, 0.4) is 0 Å². The maximum absolute atomic E-state index is 10.2. The molecule has 1 rings (SSSR count). The molecule has 4 nitrogen and oxygen atoms in total. The molecular formula is C16H26O4. The summed E-state index contributed by atoms with van der Waals surface area (Å²) in [7, 11) is 0. The van der Waals surface area contributed by atoms with E-state index < -0.39 is 11.6 Å². The van der Waals surface area contributed by atoms with E-state index in [0.29, 0.717) is 18.4 Å². The van der Waals surface area contributed by atoms with E-state index in [2.05, 4.69) is 0 Å². The number of carboxylic acids is 1. The minimum Gasteiger partial charge on any atom is -0.478 e. The van der Waals surface area contributed by atoms with Crippen LogP contribution in [0, 0.1) is 5.92 Å². The largest absolute Gasteiger partial charge is 0.478 e. The van der Waals surface area contributed by atoms with Crippen LogP contribution in [0.2, 0.25) is 0 Å². The fourth-order valence-electron chi connectivity index (χ4n) is 1.67. The predicted octanol–water partition coefficient (Wildman–Crippen LogP) is 2.94. The molecule has 0 bridgehead atoms. The molecule has 0 fully saturated rings. The third-order valence-corrected chi connectivity index (χ3v) is 3.71. The summed E-state index contributed by atoms with van der Waals surface area (Å²) in [6.07, 6.45) is 1.01. The Balaban J connectivity index is 0.000000367. The molecule has 0 aliphatic rings. The molecule has 20 heavy (non-hydrogen) atoms. The van der Waals surface area contributed by atoms with E-state index in [9.17, 15) is 15.0 Å². The molecule has 3 N–H and O–H groups in total. The Morgan fingerprint density at radius 3 is 2.05 bits per heavy atom. The van der Waals surface area contributed by atoms with Gasteiger partial charge in [0.05, 0.1) is 17.3 Å². The minimum atomic E-state index is -0.879. The number of benzene rings is 1. The van der Waals surface area contributed by atoms with Gasteiger partial charge < -0.3 is 15.3 Å². The molecule has 0 heterocycles. The van der Waals surface area contributed by atoms with E-state index in [4.69, 9.17) is 5.11 Å². The Morgan fingerprint density at radius 2 is 1.75 bits per heavy atom. The van der Waals surface area contributed by atoms with Gasteiger partial charge in [-0.05, 0) is 31.9 Å². The van der Waals surface area contributed by atoms with Gasteiger partial charge in [-0.1, -0.05) is 39.0 Å². The molecule has 114 valence electrons. The summed E-state index contributed by atoms with van der Waals surface area (Å²) in [5, 5.41) is 27.6. The summed E-state index contributed by atoms with van der Waals surface area (Å²) >= 11 is 0. The van der Waals surface area contributed by atoms with Crippen molar-refractivity contribution in [1.29, 1.82) is 0 Å². The first-order valence-corrected chi connectivity index (χ1v) is 6.95. The lowest BCUT2D eigenvalue weighted by molar-refractivity contribution is -0.0539. The first-order chi connectivity index (χ1) is 9.26. The second kappa shape index (κ2) is 8.72. The molecule has 3 unspecified atom stereocenters. The van der Waals surface area contributed by atoms with Gasteiger partial charge in [-0.15, -0.1) is 0 Å². The van der Waals surface area contributed by atoms with Gasteiger partial charge in [0.15, 0.2) is 0 Å². The summed E-state index contributed by atoms with van der Waals surface area (Å²) in [6, 6.07) is 8.30. The van der Waals surface area contributed by atoms with Crippen molar-refractivity contribution in [2.24, 2.45) is 5.92 Å². The van der Waals surface area contributed by atoms with Gasteiger partial charge in [0, 0.05) is 5.92 Å². The maximum atomic E-state index is 10.2. The zero-order chi connectivity index (χ0) is 15.8. The lowest BCUT2D eigenvalue weighted by atomic mass is 9.83. The number of carbonyl (C=O) groups is 1. The normalized spacial score (nSPS) is 16.3. The number of carboxylic acid groups (broad SMARTS) is 1. The first kappa shape index (κ1) is 18.6. The second-order valence-corrected chi connectivity index (χ2v) is 5.15. The summed E-state index contributed by atoms with van der Waals surface area (Å²) in [4.78, 5) is 10.2. The fourth-order valence-corrected chi connectivity index (χ4v) is 1.67. The molecule has 3 atom stereocenters. The highest BCUT2D eigenvalue weighted by Crippen LogP contribution is 2.24. The highest BCUT2D eigenvalue weighted by molar-refractivity contribution is 5.87. The van der Waals surface area contributed by atoms with Gasteiger partial charge in [0.1, 0.15) is 0 Å². The molecule has 0 saturated carbocycles. The molecule has 1 aromatic rings. The molecule has 0 saturated heterocycles. The number of aromatic carboxylic acids is 1. The van der Waals surface area contributed by atoms with Crippen molar-refractivity contribution in [3.05, 3.63) is 35.9 Å². The van der Waals surface area contributed by atoms with Crippen LogP contribution in [0.25, 0.3) is 0 Å². The molecule has 4 heteroatoms. The Morgan fingerprint density at radius 1 is 1.25 bits per heavy atom. The van der Waals surface area contributed by atoms with Gasteiger partial charge in [-0.3, -0.25) is 0 Å². The van der Waals surface area contributed by atoms with Gasteiger partial charge in [0.2, 0.25) is 0 Å². The van der Waals surface area contributed by atoms with Crippen molar-refractivity contribution in [3.8, 4) is 0 Å². The monoisotopic (exact) mass is 282 g/mol. The summed E-state index contributed by atoms with van der Waals surface area (Å²) in [6.45, 7) is 7.51. The van der Waals surface area contributed by atoms with Crippen molar-refractivity contribution < 1.29 is 20.1 Å². The Hall–Kier alpha value is -1.39. The molecule has 0 aliphatic carbocycles.